The zero-order valence-corrected chi connectivity index (χ0v) is 13.8. The topological polar surface area (TPSA) is 81.2 Å². The molecule has 2 heterocycles. The normalized spacial score (nSPS) is 13.6. The number of benzene rings is 2. The maximum atomic E-state index is 11.5. The lowest BCUT2D eigenvalue weighted by molar-refractivity contribution is -0.122. The van der Waals surface area contributed by atoms with Gasteiger partial charge in [-0.15, -0.1) is 0 Å². The van der Waals surface area contributed by atoms with E-state index in [0.717, 1.165) is 34.7 Å². The van der Waals surface area contributed by atoms with E-state index in [-0.39, 0.29) is 11.7 Å². The molecule has 0 spiro atoms. The van der Waals surface area contributed by atoms with Gasteiger partial charge in [-0.05, 0) is 48.4 Å². The first-order valence-electron chi connectivity index (χ1n) is 8.13. The molecule has 2 aromatic carbocycles. The van der Waals surface area contributed by atoms with Crippen LogP contribution in [0.5, 0.6) is 5.75 Å². The van der Waals surface area contributed by atoms with Crippen molar-refractivity contribution in [1.29, 1.82) is 0 Å². The number of hydrogen-bond donors (Lipinski definition) is 3. The van der Waals surface area contributed by atoms with E-state index < -0.39 is 0 Å². The molecule has 6 nitrogen and oxygen atoms in total. The average Bonchev–Trinajstić information content (AvgIpc) is 3.05. The number of H-pyrrole nitrogens is 1. The Kier molecular flexibility index (Phi) is 3.65. The SMILES string of the molecule is Cc1cc(O)ccc1Nc1cc(-c2ccc(N3CCC3=O)cc2)[nH]n1. The molecule has 0 aliphatic carbocycles. The highest BCUT2D eigenvalue weighted by atomic mass is 16.3. The van der Waals surface area contributed by atoms with Crippen LogP contribution in [0.15, 0.2) is 48.5 Å². The van der Waals surface area contributed by atoms with E-state index >= 15 is 0 Å². The highest BCUT2D eigenvalue weighted by Crippen LogP contribution is 2.28. The molecule has 1 aliphatic rings. The second kappa shape index (κ2) is 5.98. The summed E-state index contributed by atoms with van der Waals surface area (Å²) in [5.74, 6) is 1.11. The largest absolute Gasteiger partial charge is 0.508 e. The van der Waals surface area contributed by atoms with Crippen molar-refractivity contribution in [3.63, 3.8) is 0 Å². The van der Waals surface area contributed by atoms with Crippen molar-refractivity contribution in [3.8, 4) is 17.0 Å². The third-order valence-corrected chi connectivity index (χ3v) is 4.39. The summed E-state index contributed by atoms with van der Waals surface area (Å²) < 4.78 is 0. The van der Waals surface area contributed by atoms with Crippen LogP contribution < -0.4 is 10.2 Å². The van der Waals surface area contributed by atoms with Gasteiger partial charge in [0, 0.05) is 30.4 Å². The van der Waals surface area contributed by atoms with Gasteiger partial charge in [-0.2, -0.15) is 5.10 Å². The summed E-state index contributed by atoms with van der Waals surface area (Å²) >= 11 is 0. The molecule has 3 aromatic rings. The average molecular weight is 334 g/mol. The first kappa shape index (κ1) is 15.3. The number of phenols is 1. The van der Waals surface area contributed by atoms with Crippen molar-refractivity contribution in [3.05, 3.63) is 54.1 Å². The zero-order chi connectivity index (χ0) is 17.4. The number of aromatic amines is 1. The summed E-state index contributed by atoms with van der Waals surface area (Å²) in [5, 5.41) is 20.0. The molecular weight excluding hydrogens is 316 g/mol. The molecule has 0 saturated carbocycles. The number of carbonyl (C=O) groups is 1. The summed E-state index contributed by atoms with van der Waals surface area (Å²) in [5.41, 5.74) is 4.65. The van der Waals surface area contributed by atoms with E-state index in [0.29, 0.717) is 12.2 Å². The minimum absolute atomic E-state index is 0.171. The molecule has 0 bridgehead atoms. The number of anilines is 3. The minimum Gasteiger partial charge on any atom is -0.508 e. The Morgan fingerprint density at radius 3 is 2.60 bits per heavy atom. The molecule has 126 valence electrons. The monoisotopic (exact) mass is 334 g/mol. The first-order chi connectivity index (χ1) is 12.1. The summed E-state index contributed by atoms with van der Waals surface area (Å²) in [7, 11) is 0. The van der Waals surface area contributed by atoms with E-state index in [9.17, 15) is 9.90 Å². The van der Waals surface area contributed by atoms with Gasteiger partial charge in [0.1, 0.15) is 5.75 Å². The second-order valence-electron chi connectivity index (χ2n) is 6.13. The highest BCUT2D eigenvalue weighted by Gasteiger charge is 2.24. The van der Waals surface area contributed by atoms with Crippen molar-refractivity contribution in [2.75, 3.05) is 16.8 Å². The number of phenolic OH excluding ortho intramolecular Hbond substituents is 1. The number of aryl methyl sites for hydroxylation is 1. The number of amides is 1. The van der Waals surface area contributed by atoms with E-state index in [2.05, 4.69) is 15.5 Å². The molecule has 1 saturated heterocycles. The van der Waals surface area contributed by atoms with Gasteiger partial charge in [-0.25, -0.2) is 0 Å². The van der Waals surface area contributed by atoms with E-state index in [1.165, 1.54) is 0 Å². The zero-order valence-electron chi connectivity index (χ0n) is 13.8. The van der Waals surface area contributed by atoms with Gasteiger partial charge in [-0.3, -0.25) is 9.89 Å². The standard InChI is InChI=1S/C19H18N4O2/c1-12-10-15(24)6-7-16(12)20-18-11-17(21-22-18)13-2-4-14(5-3-13)23-9-8-19(23)25/h2-7,10-11,24H,8-9H2,1H3,(H2,20,21,22). The fourth-order valence-corrected chi connectivity index (χ4v) is 2.87. The molecule has 6 heteroatoms. The van der Waals surface area contributed by atoms with Crippen LogP contribution in [0.3, 0.4) is 0 Å². The molecule has 1 aromatic heterocycles. The molecule has 3 N–H and O–H groups in total. The van der Waals surface area contributed by atoms with Crippen LogP contribution >= 0.6 is 0 Å². The number of rotatable bonds is 4. The number of nitrogens with one attached hydrogen (secondary N) is 2. The lowest BCUT2D eigenvalue weighted by Gasteiger charge is -2.30. The Morgan fingerprint density at radius 2 is 1.96 bits per heavy atom. The van der Waals surface area contributed by atoms with Crippen molar-refractivity contribution in [1.82, 2.24) is 10.2 Å². The molecule has 1 aliphatic heterocycles. The number of carbonyl (C=O) groups excluding carboxylic acids is 1. The van der Waals surface area contributed by atoms with Gasteiger partial charge in [0.05, 0.1) is 5.69 Å². The van der Waals surface area contributed by atoms with Crippen LogP contribution in [0.4, 0.5) is 17.2 Å². The van der Waals surface area contributed by atoms with Crippen molar-refractivity contribution < 1.29 is 9.90 Å². The van der Waals surface area contributed by atoms with Gasteiger partial charge in [-0.1, -0.05) is 12.1 Å². The smallest absolute Gasteiger partial charge is 0.228 e. The van der Waals surface area contributed by atoms with Gasteiger partial charge >= 0.3 is 0 Å². The molecule has 25 heavy (non-hydrogen) atoms. The third-order valence-electron chi connectivity index (χ3n) is 4.39. The fourth-order valence-electron chi connectivity index (χ4n) is 2.87. The number of aromatic nitrogens is 2. The Labute approximate surface area is 145 Å². The van der Waals surface area contributed by atoms with Crippen molar-refractivity contribution >= 4 is 23.1 Å². The number of aromatic hydroxyl groups is 1. The van der Waals surface area contributed by atoms with Crippen LogP contribution in [-0.2, 0) is 4.79 Å². The van der Waals surface area contributed by atoms with E-state index in [1.54, 1.807) is 17.0 Å². The minimum atomic E-state index is 0.171. The van der Waals surface area contributed by atoms with Crippen LogP contribution in [0.1, 0.15) is 12.0 Å². The fraction of sp³-hybridized carbons (Fsp3) is 0.158. The molecule has 0 atom stereocenters. The van der Waals surface area contributed by atoms with Gasteiger partial charge in [0.25, 0.3) is 0 Å². The number of hydrogen-bond acceptors (Lipinski definition) is 4. The maximum Gasteiger partial charge on any atom is 0.228 e. The van der Waals surface area contributed by atoms with E-state index in [1.807, 2.05) is 43.3 Å². The van der Waals surface area contributed by atoms with Crippen LogP contribution in [0.2, 0.25) is 0 Å². The lowest BCUT2D eigenvalue weighted by atomic mass is 10.1. The molecule has 1 fully saturated rings. The number of nitrogens with zero attached hydrogens (tertiary/aromatic N) is 2. The lowest BCUT2D eigenvalue weighted by Crippen LogP contribution is -2.43. The predicted molar refractivity (Wildman–Crippen MR) is 97.1 cm³/mol. The van der Waals surface area contributed by atoms with Crippen molar-refractivity contribution in [2.24, 2.45) is 0 Å². The first-order valence-corrected chi connectivity index (χ1v) is 8.13. The molecule has 0 unspecified atom stereocenters. The van der Waals surface area contributed by atoms with Crippen LogP contribution in [-0.4, -0.2) is 27.8 Å². The molecular formula is C19H18N4O2. The number of β-lactam (4-membered cyclic amide) rings is 1. The highest BCUT2D eigenvalue weighted by molar-refractivity contribution is 5.99. The summed E-state index contributed by atoms with van der Waals surface area (Å²) in [6.07, 6.45) is 0.633. The van der Waals surface area contributed by atoms with Gasteiger partial charge < -0.3 is 15.3 Å². The maximum absolute atomic E-state index is 11.5. The Hall–Kier alpha value is -3.28. The Morgan fingerprint density at radius 1 is 1.16 bits per heavy atom. The molecule has 4 rings (SSSR count). The Bertz CT molecular complexity index is 931. The quantitative estimate of drug-likeness (QED) is 0.503. The predicted octanol–water partition coefficient (Wildman–Crippen LogP) is 3.57. The Balaban J connectivity index is 1.51. The molecule has 0 radical (unpaired) electrons. The molecule has 1 amide bonds. The summed E-state index contributed by atoms with van der Waals surface area (Å²) in [6, 6.07) is 14.9. The second-order valence-corrected chi connectivity index (χ2v) is 6.13. The third kappa shape index (κ3) is 2.94. The van der Waals surface area contributed by atoms with E-state index in [4.69, 9.17) is 0 Å². The van der Waals surface area contributed by atoms with Crippen LogP contribution in [0, 0.1) is 6.92 Å². The van der Waals surface area contributed by atoms with Crippen molar-refractivity contribution in [2.45, 2.75) is 13.3 Å². The summed E-state index contributed by atoms with van der Waals surface area (Å²) in [4.78, 5) is 13.3. The van der Waals surface area contributed by atoms with Gasteiger partial charge in [0.2, 0.25) is 5.91 Å². The van der Waals surface area contributed by atoms with Gasteiger partial charge in [0.15, 0.2) is 5.82 Å². The van der Waals surface area contributed by atoms with Crippen LogP contribution in [0.25, 0.3) is 11.3 Å². The summed E-state index contributed by atoms with van der Waals surface area (Å²) in [6.45, 7) is 2.72.